The molecule has 28 heavy (non-hydrogen) atoms. The molecule has 2 aromatic heterocycles. The number of nitro groups is 1. The number of benzene rings is 1. The van der Waals surface area contributed by atoms with Crippen LogP contribution in [0.5, 0.6) is 0 Å². The summed E-state index contributed by atoms with van der Waals surface area (Å²) in [5.41, 5.74) is 0.403. The van der Waals surface area contributed by atoms with E-state index >= 15 is 0 Å². The van der Waals surface area contributed by atoms with Crippen LogP contribution in [0.2, 0.25) is 0 Å². The van der Waals surface area contributed by atoms with E-state index in [9.17, 15) is 23.3 Å². The van der Waals surface area contributed by atoms with Crippen molar-refractivity contribution in [3.8, 4) is 0 Å². The average Bonchev–Trinajstić information content (AvgIpc) is 3.32. The molecule has 2 heterocycles. The number of carbonyl (C=O) groups is 1. The number of hydrogen-bond donors (Lipinski definition) is 2. The number of anilines is 2. The maximum Gasteiger partial charge on any atom is 0.324 e. The van der Waals surface area contributed by atoms with Gasteiger partial charge in [-0.05, 0) is 36.4 Å². The van der Waals surface area contributed by atoms with Crippen LogP contribution in [0.25, 0.3) is 6.08 Å². The average molecular weight is 436 g/mol. The predicted molar refractivity (Wildman–Crippen MR) is 108 cm³/mol. The Labute approximate surface area is 167 Å². The van der Waals surface area contributed by atoms with Gasteiger partial charge >= 0.3 is 5.00 Å². The Bertz CT molecular complexity index is 1120. The topological polar surface area (TPSA) is 131 Å². The van der Waals surface area contributed by atoms with E-state index in [0.717, 1.165) is 22.7 Å². The number of rotatable bonds is 7. The molecule has 1 aromatic carbocycles. The first kappa shape index (κ1) is 19.7. The molecule has 0 bridgehead atoms. The molecule has 0 saturated carbocycles. The highest BCUT2D eigenvalue weighted by Crippen LogP contribution is 2.25. The quantitative estimate of drug-likeness (QED) is 0.331. The van der Waals surface area contributed by atoms with E-state index in [-0.39, 0.29) is 15.0 Å². The van der Waals surface area contributed by atoms with Crippen LogP contribution >= 0.6 is 22.7 Å². The van der Waals surface area contributed by atoms with Gasteiger partial charge in [0, 0.05) is 34.3 Å². The summed E-state index contributed by atoms with van der Waals surface area (Å²) in [6, 6.07) is 8.54. The summed E-state index contributed by atoms with van der Waals surface area (Å²) >= 11 is 2.11. The summed E-state index contributed by atoms with van der Waals surface area (Å²) in [5, 5.41) is 15.1. The van der Waals surface area contributed by atoms with Crippen LogP contribution in [0.15, 0.2) is 58.9 Å². The third-order valence-electron chi connectivity index (χ3n) is 3.28. The van der Waals surface area contributed by atoms with Crippen molar-refractivity contribution in [2.75, 3.05) is 10.0 Å². The number of amides is 1. The van der Waals surface area contributed by atoms with Crippen LogP contribution in [0.1, 0.15) is 4.88 Å². The Hall–Kier alpha value is -3.09. The fraction of sp³-hybridized carbons (Fsp3) is 0. The Morgan fingerprint density at radius 1 is 1.18 bits per heavy atom. The van der Waals surface area contributed by atoms with Gasteiger partial charge in [-0.15, -0.1) is 11.3 Å². The van der Waals surface area contributed by atoms with E-state index in [2.05, 4.69) is 15.0 Å². The van der Waals surface area contributed by atoms with Gasteiger partial charge in [-0.2, -0.15) is 0 Å². The third kappa shape index (κ3) is 5.00. The molecule has 144 valence electrons. The molecule has 9 nitrogen and oxygen atoms in total. The fourth-order valence-corrected chi connectivity index (χ4v) is 4.55. The Morgan fingerprint density at radius 2 is 1.93 bits per heavy atom. The number of hydrogen-bond acceptors (Lipinski definition) is 8. The van der Waals surface area contributed by atoms with E-state index < -0.39 is 20.9 Å². The molecule has 0 atom stereocenters. The van der Waals surface area contributed by atoms with Crippen molar-refractivity contribution in [2.45, 2.75) is 4.90 Å². The van der Waals surface area contributed by atoms with Gasteiger partial charge in [-0.3, -0.25) is 19.6 Å². The number of sulfonamides is 1. The molecule has 0 aliphatic carbocycles. The van der Waals surface area contributed by atoms with E-state index in [1.54, 1.807) is 11.4 Å². The van der Waals surface area contributed by atoms with Gasteiger partial charge in [-0.25, -0.2) is 13.4 Å². The highest BCUT2D eigenvalue weighted by molar-refractivity contribution is 7.93. The van der Waals surface area contributed by atoms with Crippen molar-refractivity contribution >= 4 is 60.5 Å². The maximum absolute atomic E-state index is 12.3. The summed E-state index contributed by atoms with van der Waals surface area (Å²) in [7, 11) is -3.76. The van der Waals surface area contributed by atoms with Crippen molar-refractivity contribution in [2.24, 2.45) is 0 Å². The molecule has 0 unspecified atom stereocenters. The van der Waals surface area contributed by atoms with Crippen molar-refractivity contribution < 1.29 is 18.1 Å². The number of nitrogens with zero attached hydrogens (tertiary/aromatic N) is 2. The van der Waals surface area contributed by atoms with E-state index in [0.29, 0.717) is 10.6 Å². The second-order valence-electron chi connectivity index (χ2n) is 5.22. The molecule has 0 spiro atoms. The van der Waals surface area contributed by atoms with Gasteiger partial charge in [0.15, 0.2) is 5.13 Å². The minimum absolute atomic E-state index is 0.0109. The Kier molecular flexibility index (Phi) is 5.82. The highest BCUT2D eigenvalue weighted by atomic mass is 32.2. The minimum atomic E-state index is -3.76. The number of aromatic nitrogens is 1. The summed E-state index contributed by atoms with van der Waals surface area (Å²) in [5.74, 6) is -0.451. The molecule has 12 heteroatoms. The zero-order valence-corrected chi connectivity index (χ0v) is 16.4. The predicted octanol–water partition coefficient (Wildman–Crippen LogP) is 3.57. The van der Waals surface area contributed by atoms with Gasteiger partial charge in [0.1, 0.15) is 0 Å². The van der Waals surface area contributed by atoms with Gasteiger partial charge < -0.3 is 5.32 Å². The van der Waals surface area contributed by atoms with Gasteiger partial charge in [0.05, 0.1) is 9.82 Å². The lowest BCUT2D eigenvalue weighted by molar-refractivity contribution is -0.380. The lowest BCUT2D eigenvalue weighted by Crippen LogP contribution is -2.13. The van der Waals surface area contributed by atoms with Crippen LogP contribution in [0, 0.1) is 10.1 Å². The van der Waals surface area contributed by atoms with Gasteiger partial charge in [0.2, 0.25) is 5.91 Å². The molecule has 0 saturated heterocycles. The van der Waals surface area contributed by atoms with Crippen LogP contribution < -0.4 is 10.0 Å². The molecule has 0 radical (unpaired) electrons. The first-order valence-electron chi connectivity index (χ1n) is 7.59. The van der Waals surface area contributed by atoms with E-state index in [1.807, 2.05) is 0 Å². The van der Waals surface area contributed by atoms with Crippen LogP contribution in [0.4, 0.5) is 15.8 Å². The molecule has 0 aliphatic heterocycles. The van der Waals surface area contributed by atoms with Crippen molar-refractivity contribution in [3.05, 3.63) is 69.0 Å². The summed E-state index contributed by atoms with van der Waals surface area (Å²) < 4.78 is 26.9. The Balaban J connectivity index is 1.62. The second kappa shape index (κ2) is 8.29. The monoisotopic (exact) mass is 436 g/mol. The van der Waals surface area contributed by atoms with E-state index in [4.69, 9.17) is 0 Å². The molecular weight excluding hydrogens is 424 g/mol. The first-order chi connectivity index (χ1) is 13.3. The summed E-state index contributed by atoms with van der Waals surface area (Å²) in [4.78, 5) is 26.6. The molecule has 3 rings (SSSR count). The highest BCUT2D eigenvalue weighted by Gasteiger charge is 2.15. The van der Waals surface area contributed by atoms with Gasteiger partial charge in [0.25, 0.3) is 10.0 Å². The molecular formula is C16H12N4O5S3. The molecule has 3 aromatic rings. The molecule has 1 amide bonds. The Morgan fingerprint density at radius 3 is 2.54 bits per heavy atom. The van der Waals surface area contributed by atoms with Crippen molar-refractivity contribution in [3.63, 3.8) is 0 Å². The van der Waals surface area contributed by atoms with Gasteiger partial charge in [-0.1, -0.05) is 11.3 Å². The normalized spacial score (nSPS) is 11.4. The van der Waals surface area contributed by atoms with Crippen LogP contribution in [-0.4, -0.2) is 24.2 Å². The third-order valence-corrected chi connectivity index (χ3v) is 6.45. The SMILES string of the molecule is O=C(/C=C/c1ccc([N+](=O)[O-])s1)Nc1ccc(S(=O)(=O)Nc2nccs2)cc1. The van der Waals surface area contributed by atoms with Crippen LogP contribution in [-0.2, 0) is 14.8 Å². The number of thiophene rings is 1. The van der Waals surface area contributed by atoms with E-state index in [1.165, 1.54) is 48.7 Å². The summed E-state index contributed by atoms with van der Waals surface area (Å²) in [6.45, 7) is 0. The van der Waals surface area contributed by atoms with Crippen molar-refractivity contribution in [1.29, 1.82) is 0 Å². The first-order valence-corrected chi connectivity index (χ1v) is 10.8. The number of thiazole rings is 1. The zero-order chi connectivity index (χ0) is 20.1. The zero-order valence-electron chi connectivity index (χ0n) is 13.9. The van der Waals surface area contributed by atoms with Crippen molar-refractivity contribution in [1.82, 2.24) is 4.98 Å². The summed E-state index contributed by atoms with van der Waals surface area (Å²) in [6.07, 6.45) is 4.19. The largest absolute Gasteiger partial charge is 0.324 e. The lowest BCUT2D eigenvalue weighted by Gasteiger charge is -2.07. The fourth-order valence-electron chi connectivity index (χ4n) is 2.04. The maximum atomic E-state index is 12.3. The minimum Gasteiger partial charge on any atom is -0.323 e. The number of carbonyl (C=O) groups excluding carboxylic acids is 1. The smallest absolute Gasteiger partial charge is 0.323 e. The van der Waals surface area contributed by atoms with Crippen LogP contribution in [0.3, 0.4) is 0 Å². The standard InChI is InChI=1S/C16H12N4O5S3/c21-14(7-3-12-4-8-15(27-12)20(22)23)18-11-1-5-13(6-2-11)28(24,25)19-16-17-9-10-26-16/h1-10H,(H,17,19)(H,18,21)/b7-3+. The molecule has 0 aliphatic rings. The lowest BCUT2D eigenvalue weighted by atomic mass is 10.3. The molecule has 0 fully saturated rings. The number of nitrogens with one attached hydrogen (secondary N) is 2. The molecule has 2 N–H and O–H groups in total. The second-order valence-corrected chi connectivity index (χ2v) is 8.89.